The van der Waals surface area contributed by atoms with Gasteiger partial charge in [-0.15, -0.1) is 0 Å². The molecule has 4 heteroatoms. The van der Waals surface area contributed by atoms with Crippen molar-refractivity contribution in [3.63, 3.8) is 0 Å². The van der Waals surface area contributed by atoms with Crippen LogP contribution in [0, 0.1) is 0 Å². The average Bonchev–Trinajstić information content (AvgIpc) is 2.88. The molecular formula is C30H36BrO2P. The van der Waals surface area contributed by atoms with E-state index in [2.05, 4.69) is 86.3 Å². The van der Waals surface area contributed by atoms with E-state index >= 15 is 0 Å². The second kappa shape index (κ2) is 14.9. The molecule has 0 saturated carbocycles. The summed E-state index contributed by atoms with van der Waals surface area (Å²) in [5, 5.41) is 3.70. The minimum atomic E-state index is -2.28. The van der Waals surface area contributed by atoms with E-state index < -0.39 is 7.26 Å². The van der Waals surface area contributed by atoms with E-state index in [1.807, 2.05) is 18.2 Å². The first kappa shape index (κ1) is 28.0. The van der Waals surface area contributed by atoms with Gasteiger partial charge in [0.2, 0.25) is 5.85 Å². The van der Waals surface area contributed by atoms with Crippen LogP contribution < -0.4 is 32.9 Å². The van der Waals surface area contributed by atoms with E-state index in [1.54, 1.807) is 0 Å². The lowest BCUT2D eigenvalue weighted by molar-refractivity contribution is -0.139. The second-order valence-corrected chi connectivity index (χ2v) is 12.0. The van der Waals surface area contributed by atoms with Gasteiger partial charge >= 0.3 is 5.97 Å². The fraction of sp³-hybridized carbons (Fsp3) is 0.300. The summed E-state index contributed by atoms with van der Waals surface area (Å²) < 4.78 is 6.25. The molecule has 34 heavy (non-hydrogen) atoms. The van der Waals surface area contributed by atoms with Crippen molar-refractivity contribution in [1.29, 1.82) is 0 Å². The first-order chi connectivity index (χ1) is 16.2. The van der Waals surface area contributed by atoms with E-state index in [-0.39, 0.29) is 28.8 Å². The third kappa shape index (κ3) is 6.90. The molecule has 0 spiro atoms. The molecule has 3 rings (SSSR count). The Kier molecular flexibility index (Phi) is 12.3. The van der Waals surface area contributed by atoms with Gasteiger partial charge in [0.1, 0.15) is 15.9 Å². The van der Waals surface area contributed by atoms with Crippen LogP contribution in [0.15, 0.2) is 104 Å². The fourth-order valence-electron chi connectivity index (χ4n) is 4.55. The molecular weight excluding hydrogens is 503 g/mol. The molecule has 0 fully saturated rings. The summed E-state index contributed by atoms with van der Waals surface area (Å²) in [4.78, 5) is 12.6. The van der Waals surface area contributed by atoms with Gasteiger partial charge in [0.05, 0.1) is 0 Å². The average molecular weight is 539 g/mol. The molecule has 3 aromatic rings. The zero-order chi connectivity index (χ0) is 23.4. The predicted molar refractivity (Wildman–Crippen MR) is 143 cm³/mol. The van der Waals surface area contributed by atoms with Gasteiger partial charge in [-0.25, -0.2) is 4.79 Å². The van der Waals surface area contributed by atoms with Crippen molar-refractivity contribution in [2.24, 2.45) is 0 Å². The molecule has 3 aromatic carbocycles. The molecule has 0 saturated heterocycles. The molecule has 0 amide bonds. The maximum atomic E-state index is 12.6. The summed E-state index contributed by atoms with van der Waals surface area (Å²) >= 11 is 0. The number of hydrogen-bond acceptors (Lipinski definition) is 2. The van der Waals surface area contributed by atoms with Crippen LogP contribution in [0.3, 0.4) is 0 Å². The van der Waals surface area contributed by atoms with Gasteiger partial charge in [-0.05, 0) is 42.8 Å². The highest BCUT2D eigenvalue weighted by Gasteiger charge is 2.54. The standard InChI is InChI=1S/C30H36O2P.BrH/c1-3-5-6-7-8-18-25-30(32-29(31)4-2)33(26-19-12-9-13-20-26,27-21-14-10-15-22-27)28-23-16-11-17-24-28;/h4,9-17,19-24,30H,2-3,5-8,18,25H2,1H3;1H/q+1;/p-1. The van der Waals surface area contributed by atoms with E-state index in [1.165, 1.54) is 47.7 Å². The van der Waals surface area contributed by atoms with Gasteiger partial charge in [-0.2, -0.15) is 0 Å². The number of halogens is 1. The molecule has 180 valence electrons. The summed E-state index contributed by atoms with van der Waals surface area (Å²) in [5.74, 6) is -0.598. The van der Waals surface area contributed by atoms with Gasteiger partial charge < -0.3 is 21.7 Å². The Morgan fingerprint density at radius 3 is 1.59 bits per heavy atom. The number of ether oxygens (including phenoxy) is 1. The third-order valence-corrected chi connectivity index (χ3v) is 10.7. The number of rotatable bonds is 13. The van der Waals surface area contributed by atoms with Crippen molar-refractivity contribution in [3.05, 3.63) is 104 Å². The van der Waals surface area contributed by atoms with Crippen molar-refractivity contribution < 1.29 is 26.5 Å². The predicted octanol–water partition coefficient (Wildman–Crippen LogP) is 3.79. The summed E-state index contributed by atoms with van der Waals surface area (Å²) in [6.45, 7) is 5.92. The van der Waals surface area contributed by atoms with Crippen molar-refractivity contribution in [2.45, 2.75) is 57.7 Å². The number of esters is 1. The molecule has 0 bridgehead atoms. The van der Waals surface area contributed by atoms with Crippen LogP contribution in [0.5, 0.6) is 0 Å². The molecule has 0 radical (unpaired) electrons. The maximum Gasteiger partial charge on any atom is 0.333 e. The lowest BCUT2D eigenvalue weighted by Gasteiger charge is -2.34. The number of hydrogen-bond donors (Lipinski definition) is 0. The molecule has 0 aliphatic heterocycles. The van der Waals surface area contributed by atoms with Crippen molar-refractivity contribution in [3.8, 4) is 0 Å². The molecule has 0 aliphatic carbocycles. The monoisotopic (exact) mass is 538 g/mol. The zero-order valence-corrected chi connectivity index (χ0v) is 22.6. The summed E-state index contributed by atoms with van der Waals surface area (Å²) in [6, 6.07) is 31.9. The first-order valence-corrected chi connectivity index (χ1v) is 14.0. The highest BCUT2D eigenvalue weighted by Crippen LogP contribution is 2.61. The lowest BCUT2D eigenvalue weighted by atomic mass is 10.1. The number of carbonyl (C=O) groups excluding carboxylic acids is 1. The zero-order valence-electron chi connectivity index (χ0n) is 20.1. The fourth-order valence-corrected chi connectivity index (χ4v) is 9.20. The largest absolute Gasteiger partial charge is 1.00 e. The molecule has 0 aromatic heterocycles. The Morgan fingerprint density at radius 1 is 0.765 bits per heavy atom. The minimum absolute atomic E-state index is 0. The smallest absolute Gasteiger partial charge is 0.333 e. The van der Waals surface area contributed by atoms with Crippen LogP contribution in [0.2, 0.25) is 0 Å². The Morgan fingerprint density at radius 2 is 1.18 bits per heavy atom. The Bertz CT molecular complexity index is 880. The van der Waals surface area contributed by atoms with Crippen molar-refractivity contribution in [1.82, 2.24) is 0 Å². The van der Waals surface area contributed by atoms with Gasteiger partial charge in [-0.1, -0.05) is 100 Å². The summed E-state index contributed by atoms with van der Waals surface area (Å²) in [5.41, 5.74) is 0. The molecule has 0 heterocycles. The number of carbonyl (C=O) groups is 1. The molecule has 0 N–H and O–H groups in total. The van der Waals surface area contributed by atoms with Gasteiger partial charge in [0, 0.05) is 12.5 Å². The maximum absolute atomic E-state index is 12.6. The van der Waals surface area contributed by atoms with E-state index in [9.17, 15) is 4.79 Å². The second-order valence-electron chi connectivity index (χ2n) is 8.38. The highest BCUT2D eigenvalue weighted by atomic mass is 79.9. The van der Waals surface area contributed by atoms with Gasteiger partial charge in [0.15, 0.2) is 7.26 Å². The third-order valence-electron chi connectivity index (χ3n) is 6.15. The minimum Gasteiger partial charge on any atom is -1.00 e. The molecule has 1 atom stereocenters. The van der Waals surface area contributed by atoms with Gasteiger partial charge in [0.25, 0.3) is 0 Å². The Labute approximate surface area is 216 Å². The molecule has 0 aliphatic rings. The number of benzene rings is 3. The van der Waals surface area contributed by atoms with Gasteiger partial charge in [-0.3, -0.25) is 0 Å². The lowest BCUT2D eigenvalue weighted by Crippen LogP contribution is -3.00. The van der Waals surface area contributed by atoms with E-state index in [0.717, 1.165) is 19.3 Å². The van der Waals surface area contributed by atoms with Crippen LogP contribution in [-0.2, 0) is 9.53 Å². The molecule has 1 unspecified atom stereocenters. The quantitative estimate of drug-likeness (QED) is 0.143. The van der Waals surface area contributed by atoms with Crippen LogP contribution >= 0.6 is 7.26 Å². The Balaban J connectivity index is 0.00000408. The normalized spacial score (nSPS) is 11.8. The van der Waals surface area contributed by atoms with E-state index in [4.69, 9.17) is 4.74 Å². The first-order valence-electron chi connectivity index (χ1n) is 12.1. The SMILES string of the molecule is C=CC(=O)OC(CCCCCCCC)[P+](c1ccccc1)(c1ccccc1)c1ccccc1.[Br-]. The van der Waals surface area contributed by atoms with Crippen LogP contribution in [0.25, 0.3) is 0 Å². The van der Waals surface area contributed by atoms with Crippen LogP contribution in [0.4, 0.5) is 0 Å². The van der Waals surface area contributed by atoms with Crippen LogP contribution in [-0.4, -0.2) is 11.8 Å². The molecule has 2 nitrogen and oxygen atoms in total. The van der Waals surface area contributed by atoms with Crippen molar-refractivity contribution >= 4 is 29.1 Å². The Hall–Kier alpha value is -2.22. The summed E-state index contributed by atoms with van der Waals surface area (Å²) in [7, 11) is -2.28. The summed E-state index contributed by atoms with van der Waals surface area (Å²) in [6.07, 6.45) is 9.33. The number of unbranched alkanes of at least 4 members (excludes halogenated alkanes) is 5. The van der Waals surface area contributed by atoms with Crippen molar-refractivity contribution in [2.75, 3.05) is 0 Å². The van der Waals surface area contributed by atoms with Crippen LogP contribution in [0.1, 0.15) is 51.9 Å². The van der Waals surface area contributed by atoms with E-state index in [0.29, 0.717) is 0 Å². The highest BCUT2D eigenvalue weighted by molar-refractivity contribution is 7.96. The topological polar surface area (TPSA) is 26.3 Å².